The molecular formula is C18H32O8. The summed E-state index contributed by atoms with van der Waals surface area (Å²) in [6.45, 7) is 7.09. The number of aliphatic hydroxyl groups excluding tert-OH is 1. The van der Waals surface area contributed by atoms with Crippen LogP contribution in [0.3, 0.4) is 0 Å². The number of hydrogen-bond acceptors (Lipinski definition) is 8. The Bertz CT molecular complexity index is 415. The van der Waals surface area contributed by atoms with E-state index in [0.29, 0.717) is 6.42 Å². The van der Waals surface area contributed by atoms with Crippen molar-refractivity contribution in [3.05, 3.63) is 0 Å². The van der Waals surface area contributed by atoms with Gasteiger partial charge in [0.05, 0.1) is 32.7 Å². The fourth-order valence-electron chi connectivity index (χ4n) is 2.38. The zero-order valence-electron chi connectivity index (χ0n) is 16.2. The lowest BCUT2D eigenvalue weighted by molar-refractivity contribution is -0.220. The molecule has 0 bridgehead atoms. The molecule has 152 valence electrons. The molecule has 0 radical (unpaired) electrons. The first-order chi connectivity index (χ1) is 12.3. The van der Waals surface area contributed by atoms with Gasteiger partial charge in [-0.1, -0.05) is 19.8 Å². The topological polar surface area (TPSA) is 108 Å². The predicted octanol–water partition coefficient (Wildman–Crippen LogP) is 2.11. The zero-order chi connectivity index (χ0) is 20.0. The van der Waals surface area contributed by atoms with Gasteiger partial charge in [0.15, 0.2) is 11.9 Å². The fraction of sp³-hybridized carbons (Fsp3) is 0.833. The van der Waals surface area contributed by atoms with E-state index >= 15 is 0 Å². The van der Waals surface area contributed by atoms with Gasteiger partial charge in [0.1, 0.15) is 0 Å². The normalized spacial score (nSPS) is 12.3. The van der Waals surface area contributed by atoms with Crippen LogP contribution in [0.15, 0.2) is 0 Å². The number of aliphatic hydroxyl groups is 1. The lowest BCUT2D eigenvalue weighted by atomic mass is 9.94. The molecule has 0 heterocycles. The summed E-state index contributed by atoms with van der Waals surface area (Å²) in [5, 5.41) is 10.2. The minimum absolute atomic E-state index is 0.0293. The lowest BCUT2D eigenvalue weighted by Crippen LogP contribution is -2.49. The van der Waals surface area contributed by atoms with Gasteiger partial charge in [-0.25, -0.2) is 4.79 Å². The summed E-state index contributed by atoms with van der Waals surface area (Å²) >= 11 is 0. The molecule has 0 aromatic rings. The van der Waals surface area contributed by atoms with E-state index in [9.17, 15) is 19.5 Å². The molecule has 1 atom stereocenters. The van der Waals surface area contributed by atoms with E-state index in [1.165, 1.54) is 0 Å². The maximum atomic E-state index is 12.5. The van der Waals surface area contributed by atoms with Crippen molar-refractivity contribution in [2.45, 2.75) is 78.1 Å². The molecule has 0 spiro atoms. The summed E-state index contributed by atoms with van der Waals surface area (Å²) in [7, 11) is 0. The third-order valence-electron chi connectivity index (χ3n) is 3.53. The number of unbranched alkanes of at least 4 members (excludes halogenated alkanes) is 2. The summed E-state index contributed by atoms with van der Waals surface area (Å²) in [4.78, 5) is 36.5. The molecule has 0 saturated heterocycles. The quantitative estimate of drug-likeness (QED) is 0.212. The molecule has 0 fully saturated rings. The largest absolute Gasteiger partial charge is 0.466 e. The Balaban J connectivity index is 5.49. The van der Waals surface area contributed by atoms with Gasteiger partial charge in [-0.15, -0.1) is 0 Å². The van der Waals surface area contributed by atoms with Crippen molar-refractivity contribution in [2.24, 2.45) is 0 Å². The first kappa shape index (κ1) is 24.3. The molecule has 8 nitrogen and oxygen atoms in total. The van der Waals surface area contributed by atoms with Crippen LogP contribution in [0.25, 0.3) is 0 Å². The molecule has 1 N–H and O–H groups in total. The van der Waals surface area contributed by atoms with E-state index in [-0.39, 0.29) is 26.2 Å². The average molecular weight is 376 g/mol. The van der Waals surface area contributed by atoms with Crippen LogP contribution in [0.1, 0.15) is 66.2 Å². The Hall–Kier alpha value is -1.67. The highest BCUT2D eigenvalue weighted by Gasteiger charge is 2.48. The van der Waals surface area contributed by atoms with E-state index in [2.05, 4.69) is 0 Å². The maximum absolute atomic E-state index is 12.5. The van der Waals surface area contributed by atoms with Gasteiger partial charge in [0, 0.05) is 0 Å². The van der Waals surface area contributed by atoms with Gasteiger partial charge < -0.3 is 24.1 Å². The number of esters is 3. The summed E-state index contributed by atoms with van der Waals surface area (Å²) in [6, 6.07) is 0. The van der Waals surface area contributed by atoms with Crippen LogP contribution >= 0.6 is 0 Å². The highest BCUT2D eigenvalue weighted by atomic mass is 16.6. The monoisotopic (exact) mass is 376 g/mol. The van der Waals surface area contributed by atoms with E-state index in [0.717, 1.165) is 12.8 Å². The van der Waals surface area contributed by atoms with Crippen molar-refractivity contribution in [2.75, 3.05) is 19.8 Å². The molecule has 0 rings (SSSR count). The van der Waals surface area contributed by atoms with Crippen LogP contribution in [0.5, 0.6) is 0 Å². The Kier molecular flexibility index (Phi) is 12.7. The molecule has 0 aliphatic carbocycles. The van der Waals surface area contributed by atoms with Crippen LogP contribution in [0, 0.1) is 0 Å². The Labute approximate surface area is 155 Å². The molecule has 0 aliphatic heterocycles. The molecule has 1 unspecified atom stereocenters. The van der Waals surface area contributed by atoms with Crippen molar-refractivity contribution in [3.8, 4) is 0 Å². The van der Waals surface area contributed by atoms with E-state index in [1.807, 2.05) is 6.92 Å². The molecule has 0 saturated carbocycles. The average Bonchev–Trinajstić information content (AvgIpc) is 2.55. The summed E-state index contributed by atoms with van der Waals surface area (Å²) in [5.74, 6) is -2.37. The van der Waals surface area contributed by atoms with E-state index in [1.54, 1.807) is 20.8 Å². The van der Waals surface area contributed by atoms with Crippen molar-refractivity contribution in [3.63, 3.8) is 0 Å². The van der Waals surface area contributed by atoms with Gasteiger partial charge in [0.2, 0.25) is 0 Å². The first-order valence-electron chi connectivity index (χ1n) is 9.19. The number of carbonyl (C=O) groups excluding carboxylic acids is 3. The van der Waals surface area contributed by atoms with Crippen LogP contribution in [-0.4, -0.2) is 54.7 Å². The van der Waals surface area contributed by atoms with Crippen LogP contribution in [-0.2, 0) is 33.3 Å². The van der Waals surface area contributed by atoms with Crippen molar-refractivity contribution in [1.29, 1.82) is 0 Å². The Morgan fingerprint density at radius 2 is 1.35 bits per heavy atom. The van der Waals surface area contributed by atoms with Crippen LogP contribution < -0.4 is 0 Å². The minimum atomic E-state index is -1.99. The molecule has 8 heteroatoms. The van der Waals surface area contributed by atoms with E-state index < -0.39 is 42.6 Å². The molecule has 0 aromatic carbocycles. The van der Waals surface area contributed by atoms with Gasteiger partial charge in [-0.05, 0) is 33.6 Å². The second kappa shape index (κ2) is 13.5. The standard InChI is InChI=1S/C18H32O8/c1-5-9-10-11-14(19)26-18(17(22)25-8-4,12-15(20)23-6-2)13-16(21)24-7-3/h14,19H,5-13H2,1-4H3. The van der Waals surface area contributed by atoms with Crippen molar-refractivity contribution < 1.29 is 38.4 Å². The van der Waals surface area contributed by atoms with Crippen molar-refractivity contribution >= 4 is 17.9 Å². The summed E-state index contributed by atoms with van der Waals surface area (Å²) in [6.07, 6.45) is 0.335. The third kappa shape index (κ3) is 9.15. The number of hydrogen-bond donors (Lipinski definition) is 1. The molecule has 26 heavy (non-hydrogen) atoms. The van der Waals surface area contributed by atoms with Gasteiger partial charge in [-0.3, -0.25) is 9.59 Å². The third-order valence-corrected chi connectivity index (χ3v) is 3.53. The van der Waals surface area contributed by atoms with Gasteiger partial charge in [-0.2, -0.15) is 0 Å². The van der Waals surface area contributed by atoms with Gasteiger partial charge >= 0.3 is 17.9 Å². The molecule has 0 aromatic heterocycles. The number of ether oxygens (including phenoxy) is 4. The SMILES string of the molecule is CCCCCC(O)OC(CC(=O)OCC)(CC(=O)OCC)C(=O)OCC. The highest BCUT2D eigenvalue weighted by molar-refractivity contribution is 5.90. The molecule has 0 amide bonds. The summed E-state index contributed by atoms with van der Waals surface area (Å²) < 4.78 is 20.3. The maximum Gasteiger partial charge on any atom is 0.339 e. The Morgan fingerprint density at radius 3 is 1.77 bits per heavy atom. The fourth-order valence-corrected chi connectivity index (χ4v) is 2.38. The molecule has 0 aliphatic rings. The number of carbonyl (C=O) groups is 3. The van der Waals surface area contributed by atoms with Crippen LogP contribution in [0.4, 0.5) is 0 Å². The minimum Gasteiger partial charge on any atom is -0.466 e. The van der Waals surface area contributed by atoms with E-state index in [4.69, 9.17) is 18.9 Å². The first-order valence-corrected chi connectivity index (χ1v) is 9.19. The van der Waals surface area contributed by atoms with Gasteiger partial charge in [0.25, 0.3) is 0 Å². The predicted molar refractivity (Wildman–Crippen MR) is 93.1 cm³/mol. The molecular weight excluding hydrogens is 344 g/mol. The lowest BCUT2D eigenvalue weighted by Gasteiger charge is -2.32. The van der Waals surface area contributed by atoms with Crippen LogP contribution in [0.2, 0.25) is 0 Å². The summed E-state index contributed by atoms with van der Waals surface area (Å²) in [5.41, 5.74) is -1.99. The van der Waals surface area contributed by atoms with Crippen molar-refractivity contribution in [1.82, 2.24) is 0 Å². The highest BCUT2D eigenvalue weighted by Crippen LogP contribution is 2.27. The smallest absolute Gasteiger partial charge is 0.339 e. The second-order valence-electron chi connectivity index (χ2n) is 5.75. The Morgan fingerprint density at radius 1 is 0.846 bits per heavy atom. The zero-order valence-corrected chi connectivity index (χ0v) is 16.2. The second-order valence-corrected chi connectivity index (χ2v) is 5.75. The number of rotatable bonds is 14.